The van der Waals surface area contributed by atoms with Crippen LogP contribution < -0.4 is 11.1 Å². The normalized spacial score (nSPS) is 9.62. The second-order valence-corrected chi connectivity index (χ2v) is 3.33. The Kier molecular flexibility index (Phi) is 3.97. The summed E-state index contributed by atoms with van der Waals surface area (Å²) in [7, 11) is 0. The summed E-state index contributed by atoms with van der Waals surface area (Å²) in [5.41, 5.74) is 6.02. The lowest BCUT2D eigenvalue weighted by atomic mass is 10.1. The van der Waals surface area contributed by atoms with Crippen LogP contribution in [0, 0.1) is 24.1 Å². The van der Waals surface area contributed by atoms with Crippen molar-refractivity contribution in [3.05, 3.63) is 29.1 Å². The molecular weight excluding hydrogens is 209 g/mol. The topological polar surface area (TPSA) is 78.9 Å². The van der Waals surface area contributed by atoms with Crippen molar-refractivity contribution in [2.75, 3.05) is 11.9 Å². The Hall–Kier alpha value is -1.93. The van der Waals surface area contributed by atoms with Gasteiger partial charge in [-0.05, 0) is 19.1 Å². The van der Waals surface area contributed by atoms with Gasteiger partial charge in [-0.3, -0.25) is 4.79 Å². The number of hydrogen-bond acceptors (Lipinski definition) is 3. The quantitative estimate of drug-likeness (QED) is 0.807. The fourth-order valence-corrected chi connectivity index (χ4v) is 1.22. The molecule has 0 unspecified atom stereocenters. The second-order valence-electron chi connectivity index (χ2n) is 3.33. The van der Waals surface area contributed by atoms with Gasteiger partial charge in [-0.15, -0.1) is 0 Å². The molecule has 0 atom stereocenters. The van der Waals surface area contributed by atoms with Gasteiger partial charge in [-0.1, -0.05) is 0 Å². The minimum Gasteiger partial charge on any atom is -0.330 e. The van der Waals surface area contributed by atoms with Crippen molar-refractivity contribution in [2.24, 2.45) is 5.73 Å². The van der Waals surface area contributed by atoms with E-state index >= 15 is 0 Å². The van der Waals surface area contributed by atoms with Crippen LogP contribution in [0.5, 0.6) is 0 Å². The Labute approximate surface area is 92.9 Å². The van der Waals surface area contributed by atoms with E-state index in [0.29, 0.717) is 11.3 Å². The highest BCUT2D eigenvalue weighted by Crippen LogP contribution is 2.20. The van der Waals surface area contributed by atoms with E-state index in [4.69, 9.17) is 11.0 Å². The summed E-state index contributed by atoms with van der Waals surface area (Å²) >= 11 is 0. The molecule has 1 amide bonds. The zero-order chi connectivity index (χ0) is 12.1. The van der Waals surface area contributed by atoms with Gasteiger partial charge < -0.3 is 11.1 Å². The first-order valence-electron chi connectivity index (χ1n) is 4.78. The molecule has 3 N–H and O–H groups in total. The average molecular weight is 221 g/mol. The Bertz CT molecular complexity index is 451. The fraction of sp³-hybridized carbons (Fsp3) is 0.273. The zero-order valence-corrected chi connectivity index (χ0v) is 8.88. The van der Waals surface area contributed by atoms with Crippen molar-refractivity contribution in [3.8, 4) is 6.07 Å². The van der Waals surface area contributed by atoms with Crippen molar-refractivity contribution < 1.29 is 9.18 Å². The van der Waals surface area contributed by atoms with Crippen LogP contribution in [0.3, 0.4) is 0 Å². The standard InChI is InChI=1S/C11H12FN3O/c1-7-9(12)4-8(6-14)5-10(7)15-11(16)2-3-13/h4-5H,2-3,13H2,1H3,(H,15,16). The molecule has 1 aromatic rings. The maximum atomic E-state index is 13.3. The van der Waals surface area contributed by atoms with Gasteiger partial charge in [0.1, 0.15) is 5.82 Å². The number of halogens is 1. The lowest BCUT2D eigenvalue weighted by Crippen LogP contribution is -2.17. The third-order valence-corrected chi connectivity index (χ3v) is 2.12. The number of amides is 1. The molecule has 5 heteroatoms. The molecule has 0 saturated heterocycles. The molecule has 0 fully saturated rings. The maximum Gasteiger partial charge on any atom is 0.225 e. The van der Waals surface area contributed by atoms with Crippen LogP contribution >= 0.6 is 0 Å². The van der Waals surface area contributed by atoms with Crippen molar-refractivity contribution in [2.45, 2.75) is 13.3 Å². The van der Waals surface area contributed by atoms with E-state index in [1.54, 1.807) is 0 Å². The molecular formula is C11H12FN3O. The maximum absolute atomic E-state index is 13.3. The highest BCUT2D eigenvalue weighted by molar-refractivity contribution is 5.91. The van der Waals surface area contributed by atoms with Crippen LogP contribution in [0.2, 0.25) is 0 Å². The number of nitriles is 1. The third kappa shape index (κ3) is 2.78. The molecule has 0 spiro atoms. The highest BCUT2D eigenvalue weighted by Gasteiger charge is 2.09. The summed E-state index contributed by atoms with van der Waals surface area (Å²) in [5, 5.41) is 11.2. The number of nitrogens with one attached hydrogen (secondary N) is 1. The number of rotatable bonds is 3. The summed E-state index contributed by atoms with van der Waals surface area (Å²) in [4.78, 5) is 11.3. The molecule has 0 aliphatic heterocycles. The summed E-state index contributed by atoms with van der Waals surface area (Å²) in [6, 6.07) is 4.39. The van der Waals surface area contributed by atoms with Crippen LogP contribution in [0.1, 0.15) is 17.5 Å². The highest BCUT2D eigenvalue weighted by atomic mass is 19.1. The van der Waals surface area contributed by atoms with Crippen molar-refractivity contribution in [1.82, 2.24) is 0 Å². The van der Waals surface area contributed by atoms with Crippen LogP contribution in [0.25, 0.3) is 0 Å². The molecule has 0 aliphatic rings. The van der Waals surface area contributed by atoms with Gasteiger partial charge >= 0.3 is 0 Å². The second kappa shape index (κ2) is 5.24. The SMILES string of the molecule is Cc1c(F)cc(C#N)cc1NC(=O)CCN. The molecule has 0 bridgehead atoms. The van der Waals surface area contributed by atoms with Crippen molar-refractivity contribution in [1.29, 1.82) is 5.26 Å². The summed E-state index contributed by atoms with van der Waals surface area (Å²) < 4.78 is 13.3. The molecule has 16 heavy (non-hydrogen) atoms. The van der Waals surface area contributed by atoms with E-state index < -0.39 is 5.82 Å². The Balaban J connectivity index is 3.00. The lowest BCUT2D eigenvalue weighted by molar-refractivity contribution is -0.116. The van der Waals surface area contributed by atoms with Crippen LogP contribution in [-0.2, 0) is 4.79 Å². The molecule has 0 aliphatic carbocycles. The number of anilines is 1. The molecule has 0 heterocycles. The van der Waals surface area contributed by atoms with Crippen molar-refractivity contribution >= 4 is 11.6 Å². The van der Waals surface area contributed by atoms with E-state index in [2.05, 4.69) is 5.32 Å². The van der Waals surface area contributed by atoms with E-state index in [0.717, 1.165) is 6.07 Å². The van der Waals surface area contributed by atoms with Crippen LogP contribution in [-0.4, -0.2) is 12.5 Å². The molecule has 1 aromatic carbocycles. The van der Waals surface area contributed by atoms with Gasteiger partial charge in [0.05, 0.1) is 11.6 Å². The molecule has 84 valence electrons. The number of nitrogens with two attached hydrogens (primary N) is 1. The van der Waals surface area contributed by atoms with E-state index in [9.17, 15) is 9.18 Å². The number of benzene rings is 1. The minimum atomic E-state index is -0.512. The molecule has 0 aromatic heterocycles. The van der Waals surface area contributed by atoms with Gasteiger partial charge in [0.2, 0.25) is 5.91 Å². The lowest BCUT2D eigenvalue weighted by Gasteiger charge is -2.09. The van der Waals surface area contributed by atoms with Gasteiger partial charge in [-0.2, -0.15) is 5.26 Å². The summed E-state index contributed by atoms with van der Waals surface area (Å²) in [5.74, 6) is -0.804. The van der Waals surface area contributed by atoms with Gasteiger partial charge in [0.25, 0.3) is 0 Å². The van der Waals surface area contributed by atoms with E-state index in [-0.39, 0.29) is 24.4 Å². The first-order valence-corrected chi connectivity index (χ1v) is 4.78. The van der Waals surface area contributed by atoms with Gasteiger partial charge in [0.15, 0.2) is 0 Å². The predicted octanol–water partition coefficient (Wildman–Crippen LogP) is 1.29. The Morgan fingerprint density at radius 3 is 2.88 bits per heavy atom. The number of carbonyl (C=O) groups excluding carboxylic acids is 1. The minimum absolute atomic E-state index is 0.165. The first-order chi connectivity index (χ1) is 7.58. The molecule has 4 nitrogen and oxygen atoms in total. The Morgan fingerprint density at radius 2 is 2.31 bits per heavy atom. The predicted molar refractivity (Wildman–Crippen MR) is 58.2 cm³/mol. The first kappa shape index (κ1) is 12.1. The van der Waals surface area contributed by atoms with E-state index in [1.807, 2.05) is 6.07 Å². The summed E-state index contributed by atoms with van der Waals surface area (Å²) in [6.45, 7) is 1.76. The number of carbonyl (C=O) groups is 1. The van der Waals surface area contributed by atoms with Crippen LogP contribution in [0.15, 0.2) is 12.1 Å². The molecule has 0 radical (unpaired) electrons. The number of nitrogens with zero attached hydrogens (tertiary/aromatic N) is 1. The molecule has 1 rings (SSSR count). The monoisotopic (exact) mass is 221 g/mol. The fourth-order valence-electron chi connectivity index (χ4n) is 1.22. The summed E-state index contributed by atoms with van der Waals surface area (Å²) in [6.07, 6.45) is 0.165. The van der Waals surface area contributed by atoms with Crippen molar-refractivity contribution in [3.63, 3.8) is 0 Å². The van der Waals surface area contributed by atoms with Gasteiger partial charge in [-0.25, -0.2) is 4.39 Å². The van der Waals surface area contributed by atoms with E-state index in [1.165, 1.54) is 13.0 Å². The number of hydrogen-bond donors (Lipinski definition) is 2. The Morgan fingerprint density at radius 1 is 1.62 bits per heavy atom. The zero-order valence-electron chi connectivity index (χ0n) is 8.88. The van der Waals surface area contributed by atoms with Crippen LogP contribution in [0.4, 0.5) is 10.1 Å². The average Bonchev–Trinajstić information content (AvgIpc) is 2.24. The third-order valence-electron chi connectivity index (χ3n) is 2.12. The van der Waals surface area contributed by atoms with Gasteiger partial charge in [0, 0.05) is 24.2 Å². The smallest absolute Gasteiger partial charge is 0.225 e. The molecule has 0 saturated carbocycles. The largest absolute Gasteiger partial charge is 0.330 e.